The minimum absolute atomic E-state index is 0.240. The summed E-state index contributed by atoms with van der Waals surface area (Å²) in [6.07, 6.45) is 1.88. The molecule has 0 unspecified atom stereocenters. The fraction of sp³-hybridized carbons (Fsp3) is 0.667. The maximum atomic E-state index is 11.4. The summed E-state index contributed by atoms with van der Waals surface area (Å²) in [5.41, 5.74) is 1.02. The molecule has 0 spiro atoms. The van der Waals surface area contributed by atoms with Crippen LogP contribution in [0.5, 0.6) is 0 Å². The first kappa shape index (κ1) is 14.0. The summed E-state index contributed by atoms with van der Waals surface area (Å²) in [6.45, 7) is 9.77. The number of rotatable bonds is 3. The summed E-state index contributed by atoms with van der Waals surface area (Å²) < 4.78 is 0. The van der Waals surface area contributed by atoms with E-state index >= 15 is 0 Å². The van der Waals surface area contributed by atoms with E-state index in [1.807, 2.05) is 13.0 Å². The summed E-state index contributed by atoms with van der Waals surface area (Å²) in [5.74, 6) is 2.82. The van der Waals surface area contributed by atoms with Gasteiger partial charge in [-0.2, -0.15) is 0 Å². The number of ketones is 1. The summed E-state index contributed by atoms with van der Waals surface area (Å²) in [6, 6.07) is 2.04. The number of hydrogen-bond donors (Lipinski definition) is 0. The van der Waals surface area contributed by atoms with Gasteiger partial charge < -0.3 is 4.90 Å². The van der Waals surface area contributed by atoms with Gasteiger partial charge in [-0.15, -0.1) is 0 Å². The molecule has 4 nitrogen and oxygen atoms in total. The molecule has 1 aromatic rings. The Morgan fingerprint density at radius 3 is 2.47 bits per heavy atom. The lowest BCUT2D eigenvalue weighted by atomic mass is 9.93. The lowest BCUT2D eigenvalue weighted by molar-refractivity contribution is -0.121. The molecule has 2 heterocycles. The molecule has 0 bridgehead atoms. The predicted molar refractivity (Wildman–Crippen MR) is 76.5 cm³/mol. The van der Waals surface area contributed by atoms with Crippen molar-refractivity contribution in [2.75, 3.05) is 18.0 Å². The number of piperidine rings is 1. The highest BCUT2D eigenvalue weighted by Gasteiger charge is 2.23. The predicted octanol–water partition coefficient (Wildman–Crippen LogP) is 2.71. The lowest BCUT2D eigenvalue weighted by Gasteiger charge is -2.32. The van der Waals surface area contributed by atoms with Gasteiger partial charge >= 0.3 is 0 Å². The molecule has 0 saturated carbocycles. The molecule has 0 radical (unpaired) electrons. The van der Waals surface area contributed by atoms with E-state index in [1.165, 1.54) is 0 Å². The van der Waals surface area contributed by atoms with Gasteiger partial charge in [0.1, 0.15) is 17.4 Å². The zero-order chi connectivity index (χ0) is 14.0. The molecule has 0 N–H and O–H groups in total. The number of carbonyl (C=O) groups is 1. The molecule has 19 heavy (non-hydrogen) atoms. The highest BCUT2D eigenvalue weighted by molar-refractivity contribution is 5.78. The van der Waals surface area contributed by atoms with Crippen LogP contribution in [0.3, 0.4) is 0 Å². The average molecular weight is 261 g/mol. The fourth-order valence-corrected chi connectivity index (χ4v) is 2.51. The van der Waals surface area contributed by atoms with Crippen molar-refractivity contribution in [1.82, 2.24) is 9.97 Å². The second-order valence-corrected chi connectivity index (χ2v) is 5.75. The Labute approximate surface area is 115 Å². The number of anilines is 1. The van der Waals surface area contributed by atoms with Gasteiger partial charge in [0, 0.05) is 36.7 Å². The van der Waals surface area contributed by atoms with Crippen LogP contribution in [0, 0.1) is 12.8 Å². The van der Waals surface area contributed by atoms with Gasteiger partial charge in [-0.3, -0.25) is 4.79 Å². The zero-order valence-electron chi connectivity index (χ0n) is 12.3. The molecular weight excluding hydrogens is 238 g/mol. The summed E-state index contributed by atoms with van der Waals surface area (Å²) >= 11 is 0. The van der Waals surface area contributed by atoms with Gasteiger partial charge in [0.15, 0.2) is 0 Å². The van der Waals surface area contributed by atoms with Gasteiger partial charge in [-0.1, -0.05) is 13.8 Å². The van der Waals surface area contributed by atoms with Crippen LogP contribution in [0.25, 0.3) is 0 Å². The van der Waals surface area contributed by atoms with Crippen LogP contribution in [-0.4, -0.2) is 28.8 Å². The van der Waals surface area contributed by atoms with E-state index < -0.39 is 0 Å². The number of Topliss-reactive ketones (excluding diaryl/α,β-unsaturated/α-hetero) is 1. The lowest BCUT2D eigenvalue weighted by Crippen LogP contribution is -2.36. The van der Waals surface area contributed by atoms with E-state index in [-0.39, 0.29) is 5.92 Å². The molecule has 1 fully saturated rings. The van der Waals surface area contributed by atoms with Gasteiger partial charge in [0.25, 0.3) is 0 Å². The minimum Gasteiger partial charge on any atom is -0.356 e. The van der Waals surface area contributed by atoms with Crippen molar-refractivity contribution < 1.29 is 4.79 Å². The van der Waals surface area contributed by atoms with Crippen LogP contribution in [0.15, 0.2) is 6.07 Å². The fourth-order valence-electron chi connectivity index (χ4n) is 2.51. The molecule has 1 saturated heterocycles. The Bertz CT molecular complexity index is 462. The quantitative estimate of drug-likeness (QED) is 0.839. The monoisotopic (exact) mass is 261 g/mol. The van der Waals surface area contributed by atoms with Crippen LogP contribution < -0.4 is 4.90 Å². The Morgan fingerprint density at radius 1 is 1.32 bits per heavy atom. The SMILES string of the molecule is CC(=O)C1CCN(c2cc(C)nc(C(C)C)n2)CC1. The van der Waals surface area contributed by atoms with Crippen molar-refractivity contribution in [2.24, 2.45) is 5.92 Å². The van der Waals surface area contributed by atoms with E-state index in [4.69, 9.17) is 0 Å². The van der Waals surface area contributed by atoms with Crippen LogP contribution in [0.2, 0.25) is 0 Å². The third kappa shape index (κ3) is 3.31. The van der Waals surface area contributed by atoms with Crippen molar-refractivity contribution in [3.05, 3.63) is 17.6 Å². The Balaban J connectivity index is 2.13. The second-order valence-electron chi connectivity index (χ2n) is 5.75. The highest BCUT2D eigenvalue weighted by atomic mass is 16.1. The summed E-state index contributed by atoms with van der Waals surface area (Å²) in [4.78, 5) is 22.8. The molecule has 1 aliphatic rings. The number of nitrogens with zero attached hydrogens (tertiary/aromatic N) is 3. The van der Waals surface area contributed by atoms with Crippen LogP contribution in [-0.2, 0) is 4.79 Å². The number of aryl methyl sites for hydroxylation is 1. The largest absolute Gasteiger partial charge is 0.356 e. The summed E-state index contributed by atoms with van der Waals surface area (Å²) in [5, 5.41) is 0. The molecular formula is C15H23N3O. The van der Waals surface area contributed by atoms with Crippen molar-refractivity contribution in [3.8, 4) is 0 Å². The molecule has 1 aromatic heterocycles. The highest BCUT2D eigenvalue weighted by Crippen LogP contribution is 2.24. The van der Waals surface area contributed by atoms with Crippen molar-refractivity contribution in [1.29, 1.82) is 0 Å². The molecule has 4 heteroatoms. The van der Waals surface area contributed by atoms with Gasteiger partial charge in [0.05, 0.1) is 0 Å². The van der Waals surface area contributed by atoms with E-state index in [0.29, 0.717) is 11.7 Å². The van der Waals surface area contributed by atoms with Crippen molar-refractivity contribution in [2.45, 2.75) is 46.5 Å². The third-order valence-corrected chi connectivity index (χ3v) is 3.77. The van der Waals surface area contributed by atoms with E-state index in [1.54, 1.807) is 6.92 Å². The van der Waals surface area contributed by atoms with Crippen molar-refractivity contribution >= 4 is 11.6 Å². The molecule has 104 valence electrons. The normalized spacial score (nSPS) is 17.0. The van der Waals surface area contributed by atoms with Gasteiger partial charge in [-0.25, -0.2) is 9.97 Å². The first-order valence-corrected chi connectivity index (χ1v) is 7.08. The average Bonchev–Trinajstić information content (AvgIpc) is 2.38. The first-order chi connectivity index (χ1) is 8.97. The van der Waals surface area contributed by atoms with Gasteiger partial charge in [0.2, 0.25) is 0 Å². The Hall–Kier alpha value is -1.45. The number of hydrogen-bond acceptors (Lipinski definition) is 4. The first-order valence-electron chi connectivity index (χ1n) is 7.08. The Morgan fingerprint density at radius 2 is 1.95 bits per heavy atom. The van der Waals surface area contributed by atoms with E-state index in [0.717, 1.165) is 43.3 Å². The zero-order valence-corrected chi connectivity index (χ0v) is 12.3. The van der Waals surface area contributed by atoms with Crippen molar-refractivity contribution in [3.63, 3.8) is 0 Å². The molecule has 0 aromatic carbocycles. The number of carbonyl (C=O) groups excluding carboxylic acids is 1. The molecule has 1 aliphatic heterocycles. The van der Waals surface area contributed by atoms with E-state index in [9.17, 15) is 4.79 Å². The minimum atomic E-state index is 0.240. The second kappa shape index (κ2) is 5.68. The molecule has 0 aliphatic carbocycles. The third-order valence-electron chi connectivity index (χ3n) is 3.77. The molecule has 2 rings (SSSR count). The standard InChI is InChI=1S/C15H23N3O/c1-10(2)15-16-11(3)9-14(17-15)18-7-5-13(6-8-18)12(4)19/h9-10,13H,5-8H2,1-4H3. The molecule has 0 amide bonds. The topological polar surface area (TPSA) is 46.1 Å². The number of aromatic nitrogens is 2. The summed E-state index contributed by atoms with van der Waals surface area (Å²) in [7, 11) is 0. The van der Waals surface area contributed by atoms with Crippen LogP contribution in [0.4, 0.5) is 5.82 Å². The smallest absolute Gasteiger partial charge is 0.133 e. The van der Waals surface area contributed by atoms with Crippen LogP contribution >= 0.6 is 0 Å². The maximum Gasteiger partial charge on any atom is 0.133 e. The van der Waals surface area contributed by atoms with E-state index in [2.05, 4.69) is 28.7 Å². The van der Waals surface area contributed by atoms with Gasteiger partial charge in [-0.05, 0) is 26.7 Å². The maximum absolute atomic E-state index is 11.4. The Kier molecular flexibility index (Phi) is 4.17. The molecule has 0 atom stereocenters. The van der Waals surface area contributed by atoms with Crippen LogP contribution in [0.1, 0.15) is 51.0 Å².